The lowest BCUT2D eigenvalue weighted by molar-refractivity contribution is 0.449. The average Bonchev–Trinajstić information content (AvgIpc) is 2.68. The largest absolute Gasteiger partial charge is 0.331 e. The van der Waals surface area contributed by atoms with E-state index in [9.17, 15) is 0 Å². The third-order valence-electron chi connectivity index (χ3n) is 4.05. The van der Waals surface area contributed by atoms with Crippen LogP contribution in [0.5, 0.6) is 0 Å². The van der Waals surface area contributed by atoms with Gasteiger partial charge < -0.3 is 9.88 Å². The van der Waals surface area contributed by atoms with Crippen molar-refractivity contribution in [3.05, 3.63) is 17.2 Å². The Hall–Kier alpha value is -0.830. The Balaban J connectivity index is 2.54. The lowest BCUT2D eigenvalue weighted by atomic mass is 9.86. The Morgan fingerprint density at radius 2 is 1.84 bits per heavy atom. The molecule has 2 heterocycles. The van der Waals surface area contributed by atoms with Crippen LogP contribution in [0.25, 0.3) is 0 Å². The van der Waals surface area contributed by atoms with E-state index < -0.39 is 0 Å². The van der Waals surface area contributed by atoms with Gasteiger partial charge in [0.1, 0.15) is 5.82 Å². The first-order chi connectivity index (χ1) is 8.77. The molecule has 3 nitrogen and oxygen atoms in total. The summed E-state index contributed by atoms with van der Waals surface area (Å²) in [5, 5.41) is 3.31. The molecule has 0 aliphatic carbocycles. The zero-order valence-electron chi connectivity index (χ0n) is 13.4. The minimum absolute atomic E-state index is 0.104. The van der Waals surface area contributed by atoms with Gasteiger partial charge in [0.2, 0.25) is 0 Å². The lowest BCUT2D eigenvalue weighted by Crippen LogP contribution is -2.32. The highest BCUT2D eigenvalue weighted by Gasteiger charge is 2.33. The van der Waals surface area contributed by atoms with Crippen molar-refractivity contribution in [2.75, 3.05) is 13.6 Å². The maximum atomic E-state index is 5.08. The number of rotatable bonds is 3. The number of likely N-dealkylation sites (N-methyl/N-ethyl adjacent to an activating group) is 1. The van der Waals surface area contributed by atoms with Crippen molar-refractivity contribution in [1.29, 1.82) is 0 Å². The number of imidazole rings is 1. The summed E-state index contributed by atoms with van der Waals surface area (Å²) in [6.45, 7) is 13.5. The summed E-state index contributed by atoms with van der Waals surface area (Å²) in [5.74, 6) is 1.27. The summed E-state index contributed by atoms with van der Waals surface area (Å²) < 4.78 is 2.50. The van der Waals surface area contributed by atoms with Crippen LogP contribution >= 0.6 is 0 Å². The molecule has 1 N–H and O–H groups in total. The van der Waals surface area contributed by atoms with Gasteiger partial charge in [0.05, 0.1) is 5.69 Å². The van der Waals surface area contributed by atoms with Gasteiger partial charge in [0.15, 0.2) is 0 Å². The average molecular weight is 263 g/mol. The van der Waals surface area contributed by atoms with Gasteiger partial charge in [-0.25, -0.2) is 4.98 Å². The SMILES string of the molecule is CNCC(C)(C)c1nc(C(C)(C)C)n2c1CCCC2. The molecule has 0 fully saturated rings. The molecule has 1 aromatic heterocycles. The van der Waals surface area contributed by atoms with E-state index in [1.165, 1.54) is 36.5 Å². The Bertz CT molecular complexity index is 449. The molecule has 0 saturated heterocycles. The number of hydrogen-bond donors (Lipinski definition) is 1. The Morgan fingerprint density at radius 3 is 2.42 bits per heavy atom. The van der Waals surface area contributed by atoms with Gasteiger partial charge in [-0.15, -0.1) is 0 Å². The molecule has 0 saturated carbocycles. The molecule has 0 radical (unpaired) electrons. The summed E-state index contributed by atoms with van der Waals surface area (Å²) in [7, 11) is 2.02. The third kappa shape index (κ3) is 2.71. The van der Waals surface area contributed by atoms with Crippen molar-refractivity contribution < 1.29 is 0 Å². The van der Waals surface area contributed by atoms with Crippen molar-refractivity contribution >= 4 is 0 Å². The van der Waals surface area contributed by atoms with Crippen LogP contribution in [0.4, 0.5) is 0 Å². The van der Waals surface area contributed by atoms with Crippen molar-refractivity contribution in [2.45, 2.75) is 71.3 Å². The predicted octanol–water partition coefficient (Wildman–Crippen LogP) is 3.01. The van der Waals surface area contributed by atoms with E-state index in [-0.39, 0.29) is 10.8 Å². The summed E-state index contributed by atoms with van der Waals surface area (Å²) in [5.41, 5.74) is 3.02. The normalized spacial score (nSPS) is 16.5. The molecule has 0 amide bonds. The zero-order valence-corrected chi connectivity index (χ0v) is 13.4. The van der Waals surface area contributed by atoms with Crippen LogP contribution in [0, 0.1) is 0 Å². The van der Waals surface area contributed by atoms with Gasteiger partial charge in [-0.3, -0.25) is 0 Å². The van der Waals surface area contributed by atoms with E-state index in [1.807, 2.05) is 7.05 Å². The molecule has 2 rings (SSSR count). The maximum absolute atomic E-state index is 5.08. The van der Waals surface area contributed by atoms with E-state index >= 15 is 0 Å². The zero-order chi connectivity index (χ0) is 14.3. The minimum atomic E-state index is 0.104. The molecule has 1 aliphatic heterocycles. The Morgan fingerprint density at radius 1 is 1.16 bits per heavy atom. The highest BCUT2D eigenvalue weighted by atomic mass is 15.1. The second-order valence-corrected chi connectivity index (χ2v) is 7.50. The maximum Gasteiger partial charge on any atom is 0.114 e. The van der Waals surface area contributed by atoms with Crippen molar-refractivity contribution in [2.24, 2.45) is 0 Å². The molecular weight excluding hydrogens is 234 g/mol. The fourth-order valence-corrected chi connectivity index (χ4v) is 3.18. The van der Waals surface area contributed by atoms with E-state index in [1.54, 1.807) is 0 Å². The topological polar surface area (TPSA) is 29.9 Å². The second kappa shape index (κ2) is 4.93. The molecule has 19 heavy (non-hydrogen) atoms. The molecule has 1 aromatic rings. The standard InChI is InChI=1S/C16H29N3/c1-15(2,3)14-18-13(16(4,5)11-17-6)12-9-7-8-10-19(12)14/h17H,7-11H2,1-6H3. The quantitative estimate of drug-likeness (QED) is 0.908. The fraction of sp³-hybridized carbons (Fsp3) is 0.812. The van der Waals surface area contributed by atoms with Gasteiger partial charge >= 0.3 is 0 Å². The van der Waals surface area contributed by atoms with Crippen LogP contribution in [0.3, 0.4) is 0 Å². The van der Waals surface area contributed by atoms with E-state index in [2.05, 4.69) is 44.5 Å². The Labute approximate surface area is 117 Å². The van der Waals surface area contributed by atoms with Crippen LogP contribution in [0.2, 0.25) is 0 Å². The minimum Gasteiger partial charge on any atom is -0.331 e. The highest BCUT2D eigenvalue weighted by Crippen LogP contribution is 2.34. The molecule has 0 unspecified atom stereocenters. The number of aromatic nitrogens is 2. The molecule has 108 valence electrons. The molecule has 0 bridgehead atoms. The number of nitrogens with one attached hydrogen (secondary N) is 1. The van der Waals surface area contributed by atoms with Gasteiger partial charge in [-0.1, -0.05) is 34.6 Å². The second-order valence-electron chi connectivity index (χ2n) is 7.50. The summed E-state index contributed by atoms with van der Waals surface area (Å²) in [6, 6.07) is 0. The van der Waals surface area contributed by atoms with E-state index in [4.69, 9.17) is 4.98 Å². The lowest BCUT2D eigenvalue weighted by Gasteiger charge is -2.26. The third-order valence-corrected chi connectivity index (χ3v) is 4.05. The van der Waals surface area contributed by atoms with E-state index in [0.717, 1.165) is 13.1 Å². The molecule has 1 aliphatic rings. The Kier molecular flexibility index (Phi) is 3.78. The van der Waals surface area contributed by atoms with Gasteiger partial charge in [-0.05, 0) is 26.3 Å². The van der Waals surface area contributed by atoms with Crippen LogP contribution in [-0.2, 0) is 23.8 Å². The van der Waals surface area contributed by atoms with Gasteiger partial charge in [0, 0.05) is 29.6 Å². The molecule has 0 atom stereocenters. The summed E-state index contributed by atoms with van der Waals surface area (Å²) >= 11 is 0. The first kappa shape index (κ1) is 14.6. The van der Waals surface area contributed by atoms with Gasteiger partial charge in [-0.2, -0.15) is 0 Å². The number of hydrogen-bond acceptors (Lipinski definition) is 2. The van der Waals surface area contributed by atoms with Crippen LogP contribution in [0.1, 0.15) is 64.7 Å². The summed E-state index contributed by atoms with van der Waals surface area (Å²) in [6.07, 6.45) is 3.78. The van der Waals surface area contributed by atoms with Crippen molar-refractivity contribution in [3.63, 3.8) is 0 Å². The summed E-state index contributed by atoms with van der Waals surface area (Å²) in [4.78, 5) is 5.08. The first-order valence-corrected chi connectivity index (χ1v) is 7.52. The molecular formula is C16H29N3. The fourth-order valence-electron chi connectivity index (χ4n) is 3.18. The smallest absolute Gasteiger partial charge is 0.114 e. The van der Waals surface area contributed by atoms with Crippen LogP contribution in [0.15, 0.2) is 0 Å². The van der Waals surface area contributed by atoms with Gasteiger partial charge in [0.25, 0.3) is 0 Å². The molecule has 0 aromatic carbocycles. The van der Waals surface area contributed by atoms with E-state index in [0.29, 0.717) is 0 Å². The number of fused-ring (bicyclic) bond motifs is 1. The predicted molar refractivity (Wildman–Crippen MR) is 80.8 cm³/mol. The highest BCUT2D eigenvalue weighted by molar-refractivity contribution is 5.29. The molecule has 3 heteroatoms. The first-order valence-electron chi connectivity index (χ1n) is 7.52. The molecule has 0 spiro atoms. The van der Waals surface area contributed by atoms with Crippen molar-refractivity contribution in [3.8, 4) is 0 Å². The van der Waals surface area contributed by atoms with Crippen LogP contribution < -0.4 is 5.32 Å². The van der Waals surface area contributed by atoms with Crippen molar-refractivity contribution in [1.82, 2.24) is 14.9 Å². The monoisotopic (exact) mass is 263 g/mol. The van der Waals surface area contributed by atoms with Crippen LogP contribution in [-0.4, -0.2) is 23.1 Å². The number of nitrogens with zero attached hydrogens (tertiary/aromatic N) is 2.